The molecule has 0 radical (unpaired) electrons. The Bertz CT molecular complexity index is 1120. The molecule has 0 bridgehead atoms. The molecule has 7 nitrogen and oxygen atoms in total. The van der Waals surface area contributed by atoms with Crippen LogP contribution in [0.25, 0.3) is 10.9 Å². The second kappa shape index (κ2) is 9.67. The number of aromatic amines is 1. The van der Waals surface area contributed by atoms with Gasteiger partial charge in [0.15, 0.2) is 0 Å². The molecule has 1 aromatic heterocycles. The van der Waals surface area contributed by atoms with Gasteiger partial charge in [0.2, 0.25) is 5.91 Å². The number of nitrogens with zero attached hydrogens (tertiary/aromatic N) is 2. The van der Waals surface area contributed by atoms with Crippen LogP contribution in [0.5, 0.6) is 0 Å². The minimum absolute atomic E-state index is 0.0130. The summed E-state index contributed by atoms with van der Waals surface area (Å²) < 4.78 is 0. The van der Waals surface area contributed by atoms with Gasteiger partial charge < -0.3 is 20.5 Å². The fourth-order valence-electron chi connectivity index (χ4n) is 4.99. The first kappa shape index (κ1) is 21.5. The molecule has 2 aliphatic rings. The van der Waals surface area contributed by atoms with Crippen molar-refractivity contribution >= 4 is 22.8 Å². The van der Waals surface area contributed by atoms with Gasteiger partial charge in [0, 0.05) is 48.8 Å². The van der Waals surface area contributed by atoms with Gasteiger partial charge in [0.05, 0.1) is 13.1 Å². The molecule has 0 aliphatic carbocycles. The van der Waals surface area contributed by atoms with E-state index >= 15 is 0 Å². The Labute approximate surface area is 194 Å². The number of hydrogen-bond donors (Lipinski definition) is 3. The maximum Gasteiger partial charge on any atom is 0.318 e. The number of rotatable bonds is 5. The molecule has 5 rings (SSSR count). The molecule has 2 aliphatic heterocycles. The lowest BCUT2D eigenvalue weighted by Crippen LogP contribution is -2.49. The third-order valence-corrected chi connectivity index (χ3v) is 6.77. The van der Waals surface area contributed by atoms with Gasteiger partial charge in [-0.2, -0.15) is 0 Å². The summed E-state index contributed by atoms with van der Waals surface area (Å²) in [5.41, 5.74) is 4.81. The summed E-state index contributed by atoms with van der Waals surface area (Å²) in [4.78, 5) is 32.7. The molecule has 1 saturated heterocycles. The van der Waals surface area contributed by atoms with Gasteiger partial charge in [-0.05, 0) is 36.5 Å². The molecular weight excluding hydrogens is 414 g/mol. The molecule has 3 N–H and O–H groups in total. The Hall–Kier alpha value is -3.32. The van der Waals surface area contributed by atoms with Gasteiger partial charge in [-0.3, -0.25) is 9.69 Å². The molecule has 2 aromatic carbocycles. The van der Waals surface area contributed by atoms with Crippen LogP contribution in [0.15, 0.2) is 54.6 Å². The first-order valence-corrected chi connectivity index (χ1v) is 11.8. The van der Waals surface area contributed by atoms with Crippen molar-refractivity contribution in [3.05, 3.63) is 71.4 Å². The van der Waals surface area contributed by atoms with E-state index in [1.807, 2.05) is 18.2 Å². The molecule has 0 saturated carbocycles. The van der Waals surface area contributed by atoms with Crippen LogP contribution in [0.3, 0.4) is 0 Å². The normalized spacial score (nSPS) is 17.0. The summed E-state index contributed by atoms with van der Waals surface area (Å²) >= 11 is 0. The largest absolute Gasteiger partial charge is 0.357 e. The maximum atomic E-state index is 12.7. The van der Waals surface area contributed by atoms with Crippen LogP contribution in [0.1, 0.15) is 29.7 Å². The number of fused-ring (bicyclic) bond motifs is 3. The van der Waals surface area contributed by atoms with Gasteiger partial charge in [-0.15, -0.1) is 0 Å². The van der Waals surface area contributed by atoms with E-state index in [9.17, 15) is 9.59 Å². The van der Waals surface area contributed by atoms with Gasteiger partial charge >= 0.3 is 6.03 Å². The predicted molar refractivity (Wildman–Crippen MR) is 129 cm³/mol. The van der Waals surface area contributed by atoms with Crippen LogP contribution in [-0.2, 0) is 24.3 Å². The highest BCUT2D eigenvalue weighted by molar-refractivity contribution is 5.86. The third-order valence-electron chi connectivity index (χ3n) is 6.77. The van der Waals surface area contributed by atoms with E-state index in [-0.39, 0.29) is 24.5 Å². The molecular formula is C26H31N5O2. The average molecular weight is 446 g/mol. The van der Waals surface area contributed by atoms with Crippen molar-refractivity contribution in [2.24, 2.45) is 0 Å². The number of likely N-dealkylation sites (tertiary alicyclic amines) is 1. The zero-order valence-corrected chi connectivity index (χ0v) is 18.8. The lowest BCUT2D eigenvalue weighted by atomic mass is 10.0. The fourth-order valence-corrected chi connectivity index (χ4v) is 4.99. The van der Waals surface area contributed by atoms with Crippen LogP contribution >= 0.6 is 0 Å². The monoisotopic (exact) mass is 445 g/mol. The summed E-state index contributed by atoms with van der Waals surface area (Å²) in [6.07, 6.45) is 2.68. The Morgan fingerprint density at radius 1 is 0.970 bits per heavy atom. The minimum Gasteiger partial charge on any atom is -0.357 e. The van der Waals surface area contributed by atoms with Crippen LogP contribution in [-0.4, -0.2) is 58.9 Å². The van der Waals surface area contributed by atoms with Crippen molar-refractivity contribution in [3.8, 4) is 0 Å². The summed E-state index contributed by atoms with van der Waals surface area (Å²) in [7, 11) is 0. The Morgan fingerprint density at radius 3 is 2.55 bits per heavy atom. The van der Waals surface area contributed by atoms with Crippen molar-refractivity contribution in [2.75, 3.05) is 26.2 Å². The van der Waals surface area contributed by atoms with E-state index in [4.69, 9.17) is 0 Å². The molecule has 1 fully saturated rings. The van der Waals surface area contributed by atoms with Gasteiger partial charge in [0.1, 0.15) is 0 Å². The van der Waals surface area contributed by atoms with Gasteiger partial charge in [0.25, 0.3) is 0 Å². The van der Waals surface area contributed by atoms with Crippen LogP contribution in [0.2, 0.25) is 0 Å². The summed E-state index contributed by atoms with van der Waals surface area (Å²) in [6.45, 7) is 4.09. The molecule has 0 spiro atoms. The number of amides is 3. The lowest BCUT2D eigenvalue weighted by Gasteiger charge is -2.32. The standard InChI is InChI=1S/C26H31N5O2/c32-25(28-20-10-13-30(14-11-20)17-19-6-2-1-3-7-19)16-27-26(33)31-15-12-22-21-8-4-5-9-23(21)29-24(22)18-31/h1-9,20,29H,10-18H2,(H,27,33)(H,28,32). The number of benzene rings is 2. The molecule has 0 atom stereocenters. The number of hydrogen-bond acceptors (Lipinski definition) is 3. The van der Waals surface area contributed by atoms with Crippen LogP contribution < -0.4 is 10.6 Å². The predicted octanol–water partition coefficient (Wildman–Crippen LogP) is 3.02. The molecule has 0 unspecified atom stereocenters. The molecule has 7 heteroatoms. The van der Waals surface area contributed by atoms with E-state index in [0.29, 0.717) is 13.1 Å². The average Bonchev–Trinajstić information content (AvgIpc) is 3.22. The highest BCUT2D eigenvalue weighted by atomic mass is 16.2. The molecule has 3 aromatic rings. The fraction of sp³-hybridized carbons (Fsp3) is 0.385. The van der Waals surface area contributed by atoms with Gasteiger partial charge in [-0.25, -0.2) is 4.79 Å². The quantitative estimate of drug-likeness (QED) is 0.565. The van der Waals surface area contributed by atoms with E-state index in [1.165, 1.54) is 16.5 Å². The van der Waals surface area contributed by atoms with E-state index in [2.05, 4.69) is 56.9 Å². The zero-order chi connectivity index (χ0) is 22.6. The molecule has 33 heavy (non-hydrogen) atoms. The number of aromatic nitrogens is 1. The summed E-state index contributed by atoms with van der Waals surface area (Å²) in [6, 6.07) is 18.7. The van der Waals surface area contributed by atoms with E-state index < -0.39 is 0 Å². The van der Waals surface area contributed by atoms with E-state index in [1.54, 1.807) is 4.90 Å². The Balaban J connectivity index is 1.05. The number of para-hydroxylation sites is 1. The topological polar surface area (TPSA) is 80.5 Å². The first-order chi connectivity index (χ1) is 16.2. The molecule has 3 heterocycles. The number of nitrogens with one attached hydrogen (secondary N) is 3. The van der Waals surface area contributed by atoms with E-state index in [0.717, 1.165) is 50.1 Å². The van der Waals surface area contributed by atoms with Crippen molar-refractivity contribution in [1.82, 2.24) is 25.4 Å². The zero-order valence-electron chi connectivity index (χ0n) is 18.8. The number of piperidine rings is 1. The number of carbonyl (C=O) groups is 2. The smallest absolute Gasteiger partial charge is 0.318 e. The molecule has 172 valence electrons. The van der Waals surface area contributed by atoms with Crippen molar-refractivity contribution in [3.63, 3.8) is 0 Å². The van der Waals surface area contributed by atoms with Crippen molar-refractivity contribution in [1.29, 1.82) is 0 Å². The highest BCUT2D eigenvalue weighted by Gasteiger charge is 2.25. The van der Waals surface area contributed by atoms with Crippen LogP contribution in [0.4, 0.5) is 4.79 Å². The Kier molecular flexibility index (Phi) is 6.30. The van der Waals surface area contributed by atoms with Crippen LogP contribution in [0, 0.1) is 0 Å². The van der Waals surface area contributed by atoms with Crippen molar-refractivity contribution < 1.29 is 9.59 Å². The Morgan fingerprint density at radius 2 is 1.73 bits per heavy atom. The second-order valence-corrected chi connectivity index (χ2v) is 9.06. The SMILES string of the molecule is O=C(CNC(=O)N1CCc2c([nH]c3ccccc23)C1)NC1CCN(Cc2ccccc2)CC1. The lowest BCUT2D eigenvalue weighted by molar-refractivity contribution is -0.121. The third kappa shape index (κ3) is 5.03. The molecule has 3 amide bonds. The summed E-state index contributed by atoms with van der Waals surface area (Å²) in [5.74, 6) is -0.117. The maximum absolute atomic E-state index is 12.7. The number of urea groups is 1. The van der Waals surface area contributed by atoms with Gasteiger partial charge in [-0.1, -0.05) is 48.5 Å². The first-order valence-electron chi connectivity index (χ1n) is 11.8. The number of carbonyl (C=O) groups excluding carboxylic acids is 2. The van der Waals surface area contributed by atoms with Crippen molar-refractivity contribution in [2.45, 2.75) is 38.4 Å². The minimum atomic E-state index is -0.188. The summed E-state index contributed by atoms with van der Waals surface area (Å²) in [5, 5.41) is 7.13. The second-order valence-electron chi connectivity index (χ2n) is 9.06. The number of H-pyrrole nitrogens is 1. The highest BCUT2D eigenvalue weighted by Crippen LogP contribution is 2.27.